The third kappa shape index (κ3) is 3.03. The molecule has 0 saturated heterocycles. The van der Waals surface area contributed by atoms with Gasteiger partial charge in [-0.3, -0.25) is 4.57 Å². The highest BCUT2D eigenvalue weighted by Gasteiger charge is 2.52. The van der Waals surface area contributed by atoms with Gasteiger partial charge in [0.25, 0.3) is 7.71 Å². The van der Waals surface area contributed by atoms with Gasteiger partial charge >= 0.3 is 5.57 Å². The van der Waals surface area contributed by atoms with Gasteiger partial charge in [-0.15, -0.1) is 9.34 Å². The Balaban J connectivity index is 2.73. The van der Waals surface area contributed by atoms with Crippen LogP contribution in [0.5, 0.6) is 0 Å². The van der Waals surface area contributed by atoms with Crippen LogP contribution in [-0.4, -0.2) is 45.1 Å². The van der Waals surface area contributed by atoms with Crippen molar-refractivity contribution in [3.63, 3.8) is 0 Å². The quantitative estimate of drug-likeness (QED) is 0.753. The largest absolute Gasteiger partial charge is 0.313 e. The standard InChI is InChI=1S/C17H31N5P/c1-6-20(7-2)23(18,21(8-3)9-4)17-19-15-13-11-12-14-16(15)22(17)10-5/h11-14H,6-10,18H2,1-5H3/q+1. The van der Waals surface area contributed by atoms with Crippen molar-refractivity contribution < 1.29 is 0 Å². The number of aryl methyl sites for hydroxylation is 1. The summed E-state index contributed by atoms with van der Waals surface area (Å²) in [6, 6.07) is 8.35. The Kier molecular flexibility index (Phi) is 6.15. The molecule has 1 aromatic heterocycles. The van der Waals surface area contributed by atoms with Crippen LogP contribution in [0, 0.1) is 0 Å². The van der Waals surface area contributed by atoms with Gasteiger partial charge < -0.3 is 0 Å². The van der Waals surface area contributed by atoms with Gasteiger partial charge in [0, 0.05) is 32.7 Å². The fourth-order valence-corrected chi connectivity index (χ4v) is 6.82. The zero-order chi connectivity index (χ0) is 17.0. The Hall–Kier alpha value is -1.00. The monoisotopic (exact) mass is 336 g/mol. The summed E-state index contributed by atoms with van der Waals surface area (Å²) in [6.45, 7) is 15.6. The lowest BCUT2D eigenvalue weighted by Gasteiger charge is -2.36. The van der Waals surface area contributed by atoms with E-state index in [2.05, 4.69) is 66.7 Å². The van der Waals surface area contributed by atoms with Gasteiger partial charge in [0.1, 0.15) is 0 Å². The molecule has 2 aromatic rings. The molecule has 0 spiro atoms. The lowest BCUT2D eigenvalue weighted by Crippen LogP contribution is -2.48. The van der Waals surface area contributed by atoms with Gasteiger partial charge in [-0.05, 0) is 46.8 Å². The molecule has 0 unspecified atom stereocenters. The van der Waals surface area contributed by atoms with Gasteiger partial charge in [-0.1, -0.05) is 12.1 Å². The normalized spacial score (nSPS) is 12.7. The molecule has 1 aromatic carbocycles. The van der Waals surface area contributed by atoms with Crippen LogP contribution >= 0.6 is 7.71 Å². The molecule has 1 heterocycles. The molecule has 0 aliphatic carbocycles. The number of hydrogen-bond acceptors (Lipinski definition) is 4. The summed E-state index contributed by atoms with van der Waals surface area (Å²) in [6.07, 6.45) is 0. The first-order valence-corrected chi connectivity index (χ1v) is 10.5. The minimum absolute atomic E-state index is 0.886. The van der Waals surface area contributed by atoms with Crippen molar-refractivity contribution in [3.8, 4) is 0 Å². The molecule has 2 rings (SSSR count). The number of aromatic nitrogens is 2. The van der Waals surface area contributed by atoms with E-state index in [0.717, 1.165) is 43.8 Å². The molecule has 5 nitrogen and oxygen atoms in total. The summed E-state index contributed by atoms with van der Waals surface area (Å²) in [5.74, 6) is 0. The van der Waals surface area contributed by atoms with E-state index in [1.54, 1.807) is 0 Å². The zero-order valence-corrected chi connectivity index (χ0v) is 16.1. The van der Waals surface area contributed by atoms with Crippen molar-refractivity contribution in [3.05, 3.63) is 24.3 Å². The van der Waals surface area contributed by atoms with Crippen LogP contribution in [0.3, 0.4) is 0 Å². The Morgan fingerprint density at radius 3 is 1.96 bits per heavy atom. The Morgan fingerprint density at radius 2 is 1.48 bits per heavy atom. The van der Waals surface area contributed by atoms with Crippen LogP contribution in [0.4, 0.5) is 0 Å². The molecule has 0 aliphatic heterocycles. The third-order valence-electron chi connectivity index (χ3n) is 4.57. The molecule has 6 heteroatoms. The van der Waals surface area contributed by atoms with E-state index in [-0.39, 0.29) is 0 Å². The molecule has 2 N–H and O–H groups in total. The van der Waals surface area contributed by atoms with Gasteiger partial charge in [0.2, 0.25) is 0 Å². The van der Waals surface area contributed by atoms with Crippen molar-refractivity contribution >= 4 is 24.3 Å². The first kappa shape index (κ1) is 18.3. The average Bonchev–Trinajstić information content (AvgIpc) is 2.96. The second kappa shape index (κ2) is 7.71. The van der Waals surface area contributed by atoms with Gasteiger partial charge in [-0.2, -0.15) is 10.5 Å². The van der Waals surface area contributed by atoms with Gasteiger partial charge in [0.15, 0.2) is 0 Å². The Morgan fingerprint density at radius 1 is 0.957 bits per heavy atom. The molecular formula is C17H31N5P+. The predicted octanol–water partition coefficient (Wildman–Crippen LogP) is 3.09. The van der Waals surface area contributed by atoms with E-state index in [1.165, 1.54) is 5.52 Å². The van der Waals surface area contributed by atoms with Gasteiger partial charge in [-0.25, -0.2) is 0 Å². The summed E-state index contributed by atoms with van der Waals surface area (Å²) >= 11 is 0. The van der Waals surface area contributed by atoms with Gasteiger partial charge in [0.05, 0.1) is 11.0 Å². The summed E-state index contributed by atoms with van der Waals surface area (Å²) < 4.78 is 7.13. The molecule has 0 radical (unpaired) electrons. The highest BCUT2D eigenvalue weighted by Crippen LogP contribution is 2.56. The number of nitrogens with zero attached hydrogens (tertiary/aromatic N) is 4. The number of benzene rings is 1. The van der Waals surface area contributed by atoms with Crippen LogP contribution in [0.2, 0.25) is 0 Å². The maximum absolute atomic E-state index is 7.17. The van der Waals surface area contributed by atoms with E-state index in [0.29, 0.717) is 0 Å². The number of para-hydroxylation sites is 2. The van der Waals surface area contributed by atoms with Crippen molar-refractivity contribution in [1.29, 1.82) is 0 Å². The maximum atomic E-state index is 7.17. The lowest BCUT2D eigenvalue weighted by molar-refractivity contribution is 0.410. The van der Waals surface area contributed by atoms with Crippen molar-refractivity contribution in [1.82, 2.24) is 18.9 Å². The second-order valence-electron chi connectivity index (χ2n) is 5.57. The third-order valence-corrected chi connectivity index (χ3v) is 8.35. The second-order valence-corrected chi connectivity index (χ2v) is 8.40. The van der Waals surface area contributed by atoms with E-state index < -0.39 is 7.71 Å². The Bertz CT molecular complexity index is 619. The summed E-state index contributed by atoms with van der Waals surface area (Å²) in [4.78, 5) is 4.99. The van der Waals surface area contributed by atoms with Crippen molar-refractivity contribution in [2.24, 2.45) is 5.50 Å². The topological polar surface area (TPSA) is 50.3 Å². The maximum Gasteiger partial charge on any atom is 0.313 e. The Labute approximate surface area is 141 Å². The summed E-state index contributed by atoms with van der Waals surface area (Å²) in [7, 11) is -2.15. The highest BCUT2D eigenvalue weighted by atomic mass is 31.2. The number of imidazole rings is 1. The number of hydrogen-bond donors (Lipinski definition) is 1. The number of rotatable bonds is 8. The van der Waals surface area contributed by atoms with Crippen LogP contribution in [0.1, 0.15) is 34.6 Å². The average molecular weight is 336 g/mol. The highest BCUT2D eigenvalue weighted by molar-refractivity contribution is 7.76. The fourth-order valence-electron chi connectivity index (χ4n) is 3.37. The molecule has 0 aliphatic rings. The van der Waals surface area contributed by atoms with E-state index in [4.69, 9.17) is 10.5 Å². The van der Waals surface area contributed by atoms with Crippen LogP contribution in [-0.2, 0) is 6.54 Å². The van der Waals surface area contributed by atoms with E-state index >= 15 is 0 Å². The zero-order valence-electron chi connectivity index (χ0n) is 15.2. The molecule has 128 valence electrons. The minimum atomic E-state index is -2.15. The minimum Gasteiger partial charge on any atom is -0.291 e. The number of nitrogens with two attached hydrogens (primary N) is 1. The van der Waals surface area contributed by atoms with Crippen molar-refractivity contribution in [2.75, 3.05) is 26.2 Å². The molecule has 23 heavy (non-hydrogen) atoms. The van der Waals surface area contributed by atoms with Crippen LogP contribution in [0.25, 0.3) is 11.0 Å². The van der Waals surface area contributed by atoms with E-state index in [1.807, 2.05) is 6.07 Å². The molecule has 0 bridgehead atoms. The summed E-state index contributed by atoms with van der Waals surface area (Å²) in [5.41, 5.74) is 10.4. The number of fused-ring (bicyclic) bond motifs is 1. The lowest BCUT2D eigenvalue weighted by atomic mass is 10.3. The molecule has 0 atom stereocenters. The smallest absolute Gasteiger partial charge is 0.291 e. The summed E-state index contributed by atoms with van der Waals surface area (Å²) in [5, 5.41) is 0. The first-order chi connectivity index (χ1) is 11.1. The first-order valence-electron chi connectivity index (χ1n) is 8.72. The van der Waals surface area contributed by atoms with Crippen LogP contribution in [0.15, 0.2) is 24.3 Å². The molecular weight excluding hydrogens is 305 g/mol. The SMILES string of the molecule is CCN(CC)[P+](N)(c1nc2ccccc2n1CC)N(CC)CC. The van der Waals surface area contributed by atoms with Crippen LogP contribution < -0.4 is 11.1 Å². The molecule has 0 amide bonds. The molecule has 0 saturated carbocycles. The van der Waals surface area contributed by atoms with Crippen molar-refractivity contribution in [2.45, 2.75) is 41.2 Å². The predicted molar refractivity (Wildman–Crippen MR) is 102 cm³/mol. The fraction of sp³-hybridized carbons (Fsp3) is 0.588. The van der Waals surface area contributed by atoms with E-state index in [9.17, 15) is 0 Å². The molecule has 0 fully saturated rings.